The van der Waals surface area contributed by atoms with Gasteiger partial charge in [-0.25, -0.2) is 4.98 Å². The Kier molecular flexibility index (Phi) is 5.65. The number of hydrogen-bond donors (Lipinski definition) is 1. The van der Waals surface area contributed by atoms with Gasteiger partial charge in [-0.05, 0) is 37.1 Å². The van der Waals surface area contributed by atoms with Gasteiger partial charge in [-0.15, -0.1) is 0 Å². The standard InChI is InChI=1S/C20H22ClN3O3/c1-3-4-12-24-17-16(10-7-11-22-17)27-20(2,19(24)26)18(25)23-13-14-8-5-6-9-15(14)21/h5-11H,3-4,12-13H2,1-2H3,(H,23,25)/t20-/m1/s1. The molecule has 142 valence electrons. The van der Waals surface area contributed by atoms with Crippen LogP contribution in [0, 0.1) is 0 Å². The number of anilines is 1. The highest BCUT2D eigenvalue weighted by Crippen LogP contribution is 2.36. The first-order valence-corrected chi connectivity index (χ1v) is 9.33. The maximum atomic E-state index is 13.1. The molecule has 1 aromatic heterocycles. The van der Waals surface area contributed by atoms with Crippen LogP contribution in [0.1, 0.15) is 32.3 Å². The molecule has 2 aromatic rings. The number of carbonyl (C=O) groups is 2. The summed E-state index contributed by atoms with van der Waals surface area (Å²) in [6.07, 6.45) is 3.33. The minimum absolute atomic E-state index is 0.208. The van der Waals surface area contributed by atoms with Crippen molar-refractivity contribution in [2.75, 3.05) is 11.4 Å². The zero-order valence-electron chi connectivity index (χ0n) is 15.4. The van der Waals surface area contributed by atoms with E-state index >= 15 is 0 Å². The maximum Gasteiger partial charge on any atom is 0.282 e. The first-order valence-electron chi connectivity index (χ1n) is 8.95. The van der Waals surface area contributed by atoms with Gasteiger partial charge in [-0.3, -0.25) is 14.5 Å². The molecule has 0 aliphatic carbocycles. The number of ether oxygens (including phenoxy) is 1. The number of carbonyl (C=O) groups excluding carboxylic acids is 2. The summed E-state index contributed by atoms with van der Waals surface area (Å²) in [6, 6.07) is 10.7. The number of pyridine rings is 1. The first kappa shape index (κ1) is 19.2. The Morgan fingerprint density at radius 2 is 2.07 bits per heavy atom. The van der Waals surface area contributed by atoms with Crippen LogP contribution in [0.15, 0.2) is 42.6 Å². The van der Waals surface area contributed by atoms with Crippen molar-refractivity contribution in [3.63, 3.8) is 0 Å². The van der Waals surface area contributed by atoms with Crippen LogP contribution in [-0.4, -0.2) is 28.9 Å². The van der Waals surface area contributed by atoms with E-state index in [0.717, 1.165) is 18.4 Å². The van der Waals surface area contributed by atoms with Gasteiger partial charge in [0.2, 0.25) is 0 Å². The molecule has 1 atom stereocenters. The third kappa shape index (κ3) is 3.76. The Bertz CT molecular complexity index is 858. The summed E-state index contributed by atoms with van der Waals surface area (Å²) in [6.45, 7) is 4.22. The second-order valence-electron chi connectivity index (χ2n) is 6.54. The van der Waals surface area contributed by atoms with Gasteiger partial charge in [0.1, 0.15) is 0 Å². The molecular weight excluding hydrogens is 366 g/mol. The zero-order chi connectivity index (χ0) is 19.4. The van der Waals surface area contributed by atoms with Gasteiger partial charge in [-0.1, -0.05) is 43.1 Å². The number of nitrogens with one attached hydrogen (secondary N) is 1. The van der Waals surface area contributed by atoms with Gasteiger partial charge in [0.25, 0.3) is 17.4 Å². The number of rotatable bonds is 6. The van der Waals surface area contributed by atoms with E-state index in [1.165, 1.54) is 11.8 Å². The van der Waals surface area contributed by atoms with Gasteiger partial charge >= 0.3 is 0 Å². The van der Waals surface area contributed by atoms with Gasteiger partial charge in [-0.2, -0.15) is 0 Å². The lowest BCUT2D eigenvalue weighted by molar-refractivity contribution is -0.148. The molecule has 2 amide bonds. The third-order valence-corrected chi connectivity index (χ3v) is 4.91. The summed E-state index contributed by atoms with van der Waals surface area (Å²) in [4.78, 5) is 31.8. The number of hydrogen-bond acceptors (Lipinski definition) is 4. The summed E-state index contributed by atoms with van der Waals surface area (Å²) in [7, 11) is 0. The molecule has 27 heavy (non-hydrogen) atoms. The van der Waals surface area contributed by atoms with Crippen LogP contribution in [0.4, 0.5) is 5.82 Å². The van der Waals surface area contributed by atoms with Crippen molar-refractivity contribution in [2.45, 2.75) is 38.8 Å². The van der Waals surface area contributed by atoms with Crippen LogP contribution >= 0.6 is 11.6 Å². The van der Waals surface area contributed by atoms with Crippen molar-refractivity contribution in [3.05, 3.63) is 53.2 Å². The molecule has 0 bridgehead atoms. The zero-order valence-corrected chi connectivity index (χ0v) is 16.1. The lowest BCUT2D eigenvalue weighted by atomic mass is 10.0. The Morgan fingerprint density at radius 3 is 2.81 bits per heavy atom. The van der Waals surface area contributed by atoms with E-state index < -0.39 is 17.4 Å². The number of benzene rings is 1. The van der Waals surface area contributed by atoms with Gasteiger partial charge < -0.3 is 10.1 Å². The monoisotopic (exact) mass is 387 g/mol. The molecule has 0 radical (unpaired) electrons. The normalized spacial score (nSPS) is 18.6. The quantitative estimate of drug-likeness (QED) is 0.772. The fourth-order valence-electron chi connectivity index (χ4n) is 2.93. The number of halogens is 1. The molecule has 1 aliphatic rings. The Hall–Kier alpha value is -2.60. The number of nitrogens with zero attached hydrogens (tertiary/aromatic N) is 2. The van der Waals surface area contributed by atoms with Crippen molar-refractivity contribution in [2.24, 2.45) is 0 Å². The predicted molar refractivity (Wildman–Crippen MR) is 104 cm³/mol. The predicted octanol–water partition coefficient (Wildman–Crippen LogP) is 3.34. The average molecular weight is 388 g/mol. The molecule has 7 heteroatoms. The third-order valence-electron chi connectivity index (χ3n) is 4.54. The molecule has 6 nitrogen and oxygen atoms in total. The molecular formula is C20H22ClN3O3. The van der Waals surface area contributed by atoms with Crippen LogP contribution in [0.3, 0.4) is 0 Å². The van der Waals surface area contributed by atoms with E-state index in [4.69, 9.17) is 16.3 Å². The van der Waals surface area contributed by atoms with Gasteiger partial charge in [0.05, 0.1) is 0 Å². The van der Waals surface area contributed by atoms with E-state index in [0.29, 0.717) is 23.1 Å². The van der Waals surface area contributed by atoms with Gasteiger partial charge in [0.15, 0.2) is 11.6 Å². The fourth-order valence-corrected chi connectivity index (χ4v) is 3.14. The molecule has 1 aromatic carbocycles. The second-order valence-corrected chi connectivity index (χ2v) is 6.95. The molecule has 2 heterocycles. The van der Waals surface area contributed by atoms with Crippen molar-refractivity contribution >= 4 is 29.2 Å². The molecule has 0 saturated heterocycles. The maximum absolute atomic E-state index is 13.1. The minimum Gasteiger partial charge on any atom is -0.464 e. The van der Waals surface area contributed by atoms with E-state index in [2.05, 4.69) is 10.3 Å². The van der Waals surface area contributed by atoms with Crippen LogP contribution in [0.2, 0.25) is 5.02 Å². The number of amides is 2. The Labute approximate surface area is 163 Å². The van der Waals surface area contributed by atoms with E-state index in [1.807, 2.05) is 25.1 Å². The largest absolute Gasteiger partial charge is 0.464 e. The van der Waals surface area contributed by atoms with Crippen molar-refractivity contribution < 1.29 is 14.3 Å². The molecule has 0 saturated carbocycles. The second kappa shape index (κ2) is 7.96. The summed E-state index contributed by atoms with van der Waals surface area (Å²) < 4.78 is 5.82. The smallest absolute Gasteiger partial charge is 0.282 e. The van der Waals surface area contributed by atoms with Crippen molar-refractivity contribution in [1.29, 1.82) is 0 Å². The highest BCUT2D eigenvalue weighted by molar-refractivity contribution is 6.31. The molecule has 0 spiro atoms. The van der Waals surface area contributed by atoms with E-state index in [9.17, 15) is 9.59 Å². The summed E-state index contributed by atoms with van der Waals surface area (Å²) in [5, 5.41) is 3.33. The van der Waals surface area contributed by atoms with Crippen LogP contribution in [0.25, 0.3) is 0 Å². The van der Waals surface area contributed by atoms with Crippen LogP contribution in [-0.2, 0) is 16.1 Å². The molecule has 1 N–H and O–H groups in total. The summed E-state index contributed by atoms with van der Waals surface area (Å²) in [5.74, 6) is -0.0573. The SMILES string of the molecule is CCCCN1C(=O)[C@@](C)(C(=O)NCc2ccccc2Cl)Oc2cccnc21. The highest BCUT2D eigenvalue weighted by atomic mass is 35.5. The molecule has 3 rings (SSSR count). The Morgan fingerprint density at radius 1 is 1.30 bits per heavy atom. The molecule has 0 fully saturated rings. The van der Waals surface area contributed by atoms with Crippen molar-refractivity contribution in [1.82, 2.24) is 10.3 Å². The van der Waals surface area contributed by atoms with E-state index in [-0.39, 0.29) is 6.54 Å². The lowest BCUT2D eigenvalue weighted by Crippen LogP contribution is -2.62. The topological polar surface area (TPSA) is 71.5 Å². The van der Waals surface area contributed by atoms with Crippen LogP contribution in [0.5, 0.6) is 5.75 Å². The number of aromatic nitrogens is 1. The van der Waals surface area contributed by atoms with Crippen LogP contribution < -0.4 is 15.0 Å². The molecule has 1 aliphatic heterocycles. The molecule has 0 unspecified atom stereocenters. The first-order chi connectivity index (χ1) is 13.0. The summed E-state index contributed by atoms with van der Waals surface area (Å²) in [5.41, 5.74) is -0.894. The average Bonchev–Trinajstić information content (AvgIpc) is 2.67. The lowest BCUT2D eigenvalue weighted by Gasteiger charge is -2.38. The highest BCUT2D eigenvalue weighted by Gasteiger charge is 2.50. The fraction of sp³-hybridized carbons (Fsp3) is 0.350. The Balaban J connectivity index is 1.84. The van der Waals surface area contributed by atoms with Crippen molar-refractivity contribution in [3.8, 4) is 5.75 Å². The number of unbranched alkanes of at least 4 members (excludes halogenated alkanes) is 1. The minimum atomic E-state index is -1.66. The van der Waals surface area contributed by atoms with Gasteiger partial charge in [0, 0.05) is 24.3 Å². The summed E-state index contributed by atoms with van der Waals surface area (Å²) >= 11 is 6.14. The van der Waals surface area contributed by atoms with E-state index in [1.54, 1.807) is 24.4 Å². The number of fused-ring (bicyclic) bond motifs is 1.